The summed E-state index contributed by atoms with van der Waals surface area (Å²) in [6.07, 6.45) is 0. The Morgan fingerprint density at radius 2 is 1.61 bits per heavy atom. The summed E-state index contributed by atoms with van der Waals surface area (Å²) in [7, 11) is 0. The molecule has 1 heterocycles. The molecule has 0 fully saturated rings. The third-order valence-corrected chi connectivity index (χ3v) is 5.51. The van der Waals surface area contributed by atoms with Gasteiger partial charge < -0.3 is 5.32 Å². The molecule has 0 aromatic heterocycles. The predicted molar refractivity (Wildman–Crippen MR) is 122 cm³/mol. The molecule has 4 nitrogen and oxygen atoms in total. The average molecular weight is 435 g/mol. The first-order valence-corrected chi connectivity index (χ1v) is 10.1. The largest absolute Gasteiger partial charge is 0.350 e. The average Bonchev–Trinajstić information content (AvgIpc) is 2.94. The fourth-order valence-corrected chi connectivity index (χ4v) is 3.97. The van der Waals surface area contributed by atoms with E-state index in [1.54, 1.807) is 24.3 Å². The number of amides is 2. The van der Waals surface area contributed by atoms with E-state index in [9.17, 15) is 14.0 Å². The zero-order chi connectivity index (χ0) is 22.3. The molecule has 0 atom stereocenters. The van der Waals surface area contributed by atoms with Gasteiger partial charge in [0.1, 0.15) is 11.5 Å². The van der Waals surface area contributed by atoms with Gasteiger partial charge in [-0.1, -0.05) is 47.5 Å². The summed E-state index contributed by atoms with van der Waals surface area (Å²) in [6, 6.07) is 16.6. The Morgan fingerprint density at radius 1 is 0.871 bits per heavy atom. The predicted octanol–water partition coefficient (Wildman–Crippen LogP) is 5.80. The topological polar surface area (TPSA) is 49.4 Å². The highest BCUT2D eigenvalue weighted by atomic mass is 35.5. The number of para-hydroxylation sites is 1. The maximum atomic E-state index is 14.5. The van der Waals surface area contributed by atoms with Gasteiger partial charge in [0.25, 0.3) is 11.8 Å². The van der Waals surface area contributed by atoms with Crippen LogP contribution in [0.2, 0.25) is 5.02 Å². The molecule has 6 heteroatoms. The van der Waals surface area contributed by atoms with Crippen LogP contribution >= 0.6 is 11.6 Å². The van der Waals surface area contributed by atoms with Crippen molar-refractivity contribution in [3.8, 4) is 0 Å². The maximum absolute atomic E-state index is 14.5. The van der Waals surface area contributed by atoms with Crippen LogP contribution < -0.4 is 10.2 Å². The van der Waals surface area contributed by atoms with Crippen LogP contribution in [0.25, 0.3) is 5.57 Å². The second-order valence-electron chi connectivity index (χ2n) is 7.55. The van der Waals surface area contributed by atoms with Gasteiger partial charge in [0.05, 0.1) is 11.3 Å². The number of nitrogens with one attached hydrogen (secondary N) is 1. The first kappa shape index (κ1) is 20.8. The Morgan fingerprint density at radius 3 is 2.29 bits per heavy atom. The number of rotatable bonds is 4. The number of halogens is 2. The van der Waals surface area contributed by atoms with Gasteiger partial charge >= 0.3 is 0 Å². The number of hydrogen-bond donors (Lipinski definition) is 1. The van der Waals surface area contributed by atoms with Crippen LogP contribution in [0.1, 0.15) is 22.3 Å². The summed E-state index contributed by atoms with van der Waals surface area (Å²) in [4.78, 5) is 27.8. The Labute approximate surface area is 185 Å². The normalized spacial score (nSPS) is 13.9. The number of benzene rings is 3. The highest BCUT2D eigenvalue weighted by molar-refractivity contribution is 6.46. The molecule has 4 rings (SSSR count). The van der Waals surface area contributed by atoms with E-state index < -0.39 is 17.6 Å². The fourth-order valence-electron chi connectivity index (χ4n) is 3.74. The molecule has 0 aliphatic carbocycles. The minimum Gasteiger partial charge on any atom is -0.350 e. The van der Waals surface area contributed by atoms with E-state index in [4.69, 9.17) is 11.6 Å². The zero-order valence-corrected chi connectivity index (χ0v) is 18.0. The van der Waals surface area contributed by atoms with Crippen molar-refractivity contribution < 1.29 is 14.0 Å². The molecule has 3 aromatic rings. The third kappa shape index (κ3) is 3.73. The van der Waals surface area contributed by atoms with Gasteiger partial charge in [0.15, 0.2) is 0 Å². The minimum atomic E-state index is -0.645. The van der Waals surface area contributed by atoms with Crippen molar-refractivity contribution in [1.82, 2.24) is 0 Å². The molecule has 0 bridgehead atoms. The van der Waals surface area contributed by atoms with Gasteiger partial charge in [-0.3, -0.25) is 9.59 Å². The lowest BCUT2D eigenvalue weighted by Crippen LogP contribution is -2.33. The van der Waals surface area contributed by atoms with Crippen molar-refractivity contribution >= 4 is 40.4 Å². The molecule has 156 valence electrons. The Bertz CT molecular complexity index is 1270. The quantitative estimate of drug-likeness (QED) is 0.528. The van der Waals surface area contributed by atoms with Crippen molar-refractivity contribution in [2.24, 2.45) is 0 Å². The Balaban J connectivity index is 1.89. The number of aryl methyl sites for hydroxylation is 3. The molecule has 3 aromatic carbocycles. The molecule has 0 radical (unpaired) electrons. The fraction of sp³-hybridized carbons (Fsp3) is 0.120. The van der Waals surface area contributed by atoms with Crippen LogP contribution in [0.5, 0.6) is 0 Å². The van der Waals surface area contributed by atoms with Crippen LogP contribution in [0.15, 0.2) is 66.4 Å². The number of carbonyl (C=O) groups is 2. The number of nitrogens with zero attached hydrogens (tertiary/aromatic N) is 1. The standard InChI is InChI=1S/C25H20ClFN2O2/c1-14-8-10-18(15(2)12-14)22-23(28-20-11-9-17(26)13-16(20)3)25(31)29(24(22)30)21-7-5-4-6-19(21)27/h4-13,28H,1-3H3. The molecular formula is C25H20ClFN2O2. The van der Waals surface area contributed by atoms with E-state index in [2.05, 4.69) is 5.32 Å². The van der Waals surface area contributed by atoms with Crippen molar-refractivity contribution in [2.45, 2.75) is 20.8 Å². The lowest BCUT2D eigenvalue weighted by molar-refractivity contribution is -0.120. The smallest absolute Gasteiger partial charge is 0.282 e. The van der Waals surface area contributed by atoms with Gasteiger partial charge in [-0.2, -0.15) is 0 Å². The molecule has 1 aliphatic heterocycles. The molecule has 31 heavy (non-hydrogen) atoms. The van der Waals surface area contributed by atoms with Gasteiger partial charge in [-0.05, 0) is 67.8 Å². The van der Waals surface area contributed by atoms with E-state index >= 15 is 0 Å². The number of carbonyl (C=O) groups excluding carboxylic acids is 2. The summed E-state index contributed by atoms with van der Waals surface area (Å²) in [5.74, 6) is -1.83. The number of imide groups is 1. The van der Waals surface area contributed by atoms with E-state index in [1.165, 1.54) is 18.2 Å². The van der Waals surface area contributed by atoms with Crippen molar-refractivity contribution in [2.75, 3.05) is 10.2 Å². The van der Waals surface area contributed by atoms with E-state index in [0.29, 0.717) is 16.3 Å². The molecule has 0 saturated carbocycles. The zero-order valence-electron chi connectivity index (χ0n) is 17.3. The highest BCUT2D eigenvalue weighted by Crippen LogP contribution is 2.36. The van der Waals surface area contributed by atoms with Crippen molar-refractivity contribution in [3.63, 3.8) is 0 Å². The first-order chi connectivity index (χ1) is 14.8. The second-order valence-corrected chi connectivity index (χ2v) is 7.99. The van der Waals surface area contributed by atoms with Crippen LogP contribution in [0.4, 0.5) is 15.8 Å². The van der Waals surface area contributed by atoms with Gasteiger partial charge in [-0.15, -0.1) is 0 Å². The molecule has 0 spiro atoms. The highest BCUT2D eigenvalue weighted by Gasteiger charge is 2.41. The minimum absolute atomic E-state index is 0.0793. The van der Waals surface area contributed by atoms with Crippen molar-refractivity contribution in [3.05, 3.63) is 99.5 Å². The van der Waals surface area contributed by atoms with Crippen LogP contribution in [0.3, 0.4) is 0 Å². The van der Waals surface area contributed by atoms with Gasteiger partial charge in [0, 0.05) is 10.7 Å². The molecule has 0 saturated heterocycles. The molecular weight excluding hydrogens is 415 g/mol. The van der Waals surface area contributed by atoms with Crippen LogP contribution in [-0.2, 0) is 9.59 Å². The SMILES string of the molecule is Cc1ccc(C2=C(Nc3ccc(Cl)cc3C)C(=O)N(c3ccccc3F)C2=O)c(C)c1. The first-order valence-electron chi connectivity index (χ1n) is 9.76. The summed E-state index contributed by atoms with van der Waals surface area (Å²) in [6.45, 7) is 5.68. The van der Waals surface area contributed by atoms with Crippen LogP contribution in [0, 0.1) is 26.6 Å². The Hall–Kier alpha value is -3.44. The summed E-state index contributed by atoms with van der Waals surface area (Å²) in [5, 5.41) is 3.68. The van der Waals surface area contributed by atoms with Gasteiger partial charge in [-0.25, -0.2) is 9.29 Å². The van der Waals surface area contributed by atoms with E-state index in [0.717, 1.165) is 21.6 Å². The van der Waals surface area contributed by atoms with Crippen molar-refractivity contribution in [1.29, 1.82) is 0 Å². The summed E-state index contributed by atoms with van der Waals surface area (Å²) < 4.78 is 14.5. The molecule has 1 aliphatic rings. The third-order valence-electron chi connectivity index (χ3n) is 5.28. The Kier molecular flexibility index (Phi) is 5.38. The van der Waals surface area contributed by atoms with Crippen LogP contribution in [-0.4, -0.2) is 11.8 Å². The second kappa shape index (κ2) is 8.00. The lowest BCUT2D eigenvalue weighted by atomic mass is 9.97. The monoisotopic (exact) mass is 434 g/mol. The molecule has 0 unspecified atom stereocenters. The summed E-state index contributed by atoms with van der Waals surface area (Å²) >= 11 is 6.06. The number of anilines is 2. The maximum Gasteiger partial charge on any atom is 0.282 e. The lowest BCUT2D eigenvalue weighted by Gasteiger charge is -2.16. The van der Waals surface area contributed by atoms with E-state index in [1.807, 2.05) is 39.0 Å². The van der Waals surface area contributed by atoms with E-state index in [-0.39, 0.29) is 17.0 Å². The van der Waals surface area contributed by atoms with Gasteiger partial charge in [0.2, 0.25) is 0 Å². The molecule has 1 N–H and O–H groups in total. The molecule has 2 amide bonds. The number of hydrogen-bond acceptors (Lipinski definition) is 3. The summed E-state index contributed by atoms with van der Waals surface area (Å²) in [5.41, 5.74) is 4.18.